The fraction of sp³-hybridized carbons (Fsp3) is 0.211. The third-order valence-electron chi connectivity index (χ3n) is 3.84. The predicted molar refractivity (Wildman–Crippen MR) is 109 cm³/mol. The second kappa shape index (κ2) is 8.32. The van der Waals surface area contributed by atoms with E-state index >= 15 is 0 Å². The molecule has 1 N–H and O–H groups in total. The maximum atomic E-state index is 12.7. The van der Waals surface area contributed by atoms with E-state index in [4.69, 9.17) is 4.74 Å². The number of rotatable bonds is 6. The van der Waals surface area contributed by atoms with Gasteiger partial charge in [-0.25, -0.2) is 4.98 Å². The average Bonchev–Trinajstić information content (AvgIpc) is 3.30. The van der Waals surface area contributed by atoms with E-state index in [0.717, 1.165) is 10.6 Å². The highest BCUT2D eigenvalue weighted by atomic mass is 32.1. The molecule has 0 saturated carbocycles. The minimum Gasteiger partial charge on any atom is -0.497 e. The number of nitrogens with zero attached hydrogens (tertiary/aromatic N) is 2. The molecule has 1 aromatic carbocycles. The summed E-state index contributed by atoms with van der Waals surface area (Å²) in [5.41, 5.74) is 2.30. The first-order valence-electron chi connectivity index (χ1n) is 8.17. The zero-order chi connectivity index (χ0) is 19.4. The van der Waals surface area contributed by atoms with Crippen LogP contribution in [0.15, 0.2) is 41.1 Å². The van der Waals surface area contributed by atoms with Crippen molar-refractivity contribution < 1.29 is 14.3 Å². The van der Waals surface area contributed by atoms with E-state index < -0.39 is 0 Å². The molecule has 0 saturated heterocycles. The second-order valence-electron chi connectivity index (χ2n) is 5.89. The number of ether oxygens (including phenoxy) is 1. The van der Waals surface area contributed by atoms with Crippen molar-refractivity contribution in [2.45, 2.75) is 6.92 Å². The molecular formula is C19H19N3O3S2. The highest BCUT2D eigenvalue weighted by Crippen LogP contribution is 2.30. The first-order chi connectivity index (χ1) is 13.0. The van der Waals surface area contributed by atoms with Gasteiger partial charge in [0.1, 0.15) is 15.6 Å². The Kier molecular flexibility index (Phi) is 5.88. The van der Waals surface area contributed by atoms with Crippen LogP contribution < -0.4 is 10.1 Å². The number of amides is 2. The Bertz CT molecular complexity index is 951. The molecule has 0 spiro atoms. The van der Waals surface area contributed by atoms with Gasteiger partial charge in [-0.2, -0.15) is 11.3 Å². The molecule has 2 heterocycles. The van der Waals surface area contributed by atoms with Crippen molar-refractivity contribution in [1.29, 1.82) is 0 Å². The van der Waals surface area contributed by atoms with Crippen LogP contribution in [0.2, 0.25) is 0 Å². The van der Waals surface area contributed by atoms with Crippen LogP contribution in [0.5, 0.6) is 5.75 Å². The van der Waals surface area contributed by atoms with Crippen molar-refractivity contribution in [2.75, 3.05) is 26.0 Å². The Morgan fingerprint density at radius 3 is 2.81 bits per heavy atom. The lowest BCUT2D eigenvalue weighted by Crippen LogP contribution is -2.34. The second-order valence-corrected chi connectivity index (χ2v) is 7.67. The van der Waals surface area contributed by atoms with Gasteiger partial charge in [-0.15, -0.1) is 11.3 Å². The molecular weight excluding hydrogens is 382 g/mol. The molecule has 0 radical (unpaired) electrons. The molecule has 0 aliphatic heterocycles. The van der Waals surface area contributed by atoms with Crippen LogP contribution in [0.1, 0.15) is 15.4 Å². The molecule has 0 fully saturated rings. The number of benzene rings is 1. The zero-order valence-electron chi connectivity index (χ0n) is 15.2. The van der Waals surface area contributed by atoms with Crippen LogP contribution in [0, 0.1) is 6.92 Å². The summed E-state index contributed by atoms with van der Waals surface area (Å²) in [4.78, 5) is 31.4. The summed E-state index contributed by atoms with van der Waals surface area (Å²) >= 11 is 2.93. The van der Waals surface area contributed by atoms with Gasteiger partial charge in [-0.1, -0.05) is 6.07 Å². The molecule has 0 unspecified atom stereocenters. The molecule has 8 heteroatoms. The van der Waals surface area contributed by atoms with E-state index in [2.05, 4.69) is 10.3 Å². The van der Waals surface area contributed by atoms with Crippen molar-refractivity contribution in [3.8, 4) is 16.3 Å². The number of hydrogen-bond acceptors (Lipinski definition) is 6. The number of likely N-dealkylation sites (N-methyl/N-ethyl adjacent to an activating group) is 1. The number of aromatic nitrogens is 1. The molecule has 3 rings (SSSR count). The lowest BCUT2D eigenvalue weighted by molar-refractivity contribution is -0.116. The normalized spacial score (nSPS) is 10.5. The quantitative estimate of drug-likeness (QED) is 0.680. The van der Waals surface area contributed by atoms with Crippen LogP contribution in [-0.2, 0) is 4.79 Å². The minimum absolute atomic E-state index is 0.0544. The Morgan fingerprint density at radius 1 is 1.30 bits per heavy atom. The number of carbonyl (C=O) groups is 2. The van der Waals surface area contributed by atoms with Gasteiger partial charge in [0, 0.05) is 29.7 Å². The summed E-state index contributed by atoms with van der Waals surface area (Å²) in [6, 6.07) is 9.05. The minimum atomic E-state index is -0.278. The number of methoxy groups -OCH3 is 1. The maximum absolute atomic E-state index is 12.7. The van der Waals surface area contributed by atoms with Crippen molar-refractivity contribution in [2.24, 2.45) is 0 Å². The molecule has 6 nitrogen and oxygen atoms in total. The van der Waals surface area contributed by atoms with Gasteiger partial charge in [-0.05, 0) is 30.5 Å². The summed E-state index contributed by atoms with van der Waals surface area (Å²) in [6.07, 6.45) is 0. The van der Waals surface area contributed by atoms with Gasteiger partial charge in [-0.3, -0.25) is 9.59 Å². The molecule has 140 valence electrons. The highest BCUT2D eigenvalue weighted by Gasteiger charge is 2.21. The fourth-order valence-electron chi connectivity index (χ4n) is 2.47. The Hall–Kier alpha value is -2.71. The highest BCUT2D eigenvalue weighted by molar-refractivity contribution is 7.17. The van der Waals surface area contributed by atoms with Gasteiger partial charge in [0.15, 0.2) is 0 Å². The first kappa shape index (κ1) is 19.1. The number of thiazole rings is 1. The Balaban J connectivity index is 1.66. The molecule has 0 aliphatic carbocycles. The van der Waals surface area contributed by atoms with Crippen LogP contribution in [0.3, 0.4) is 0 Å². The molecule has 0 atom stereocenters. The van der Waals surface area contributed by atoms with E-state index in [1.807, 2.05) is 23.8 Å². The number of anilines is 1. The first-order valence-corrected chi connectivity index (χ1v) is 9.93. The van der Waals surface area contributed by atoms with Gasteiger partial charge in [0.05, 0.1) is 19.3 Å². The predicted octanol–water partition coefficient (Wildman–Crippen LogP) is 3.90. The number of thiophene rings is 1. The molecule has 0 bridgehead atoms. The van der Waals surface area contributed by atoms with Crippen LogP contribution in [-0.4, -0.2) is 42.4 Å². The van der Waals surface area contributed by atoms with E-state index in [0.29, 0.717) is 22.0 Å². The van der Waals surface area contributed by atoms with Gasteiger partial charge >= 0.3 is 0 Å². The van der Waals surface area contributed by atoms with Crippen LogP contribution >= 0.6 is 22.7 Å². The zero-order valence-corrected chi connectivity index (χ0v) is 16.8. The molecule has 0 aliphatic rings. The lowest BCUT2D eigenvalue weighted by atomic mass is 10.3. The topological polar surface area (TPSA) is 71.5 Å². The summed E-state index contributed by atoms with van der Waals surface area (Å²) in [7, 11) is 3.17. The van der Waals surface area contributed by atoms with Crippen molar-refractivity contribution in [1.82, 2.24) is 9.88 Å². The molecule has 2 amide bonds. The Labute approximate surface area is 165 Å². The number of carbonyl (C=O) groups excluding carboxylic acids is 2. The van der Waals surface area contributed by atoms with E-state index in [1.165, 1.54) is 16.2 Å². The smallest absolute Gasteiger partial charge is 0.266 e. The monoisotopic (exact) mass is 401 g/mol. The van der Waals surface area contributed by atoms with Gasteiger partial charge in [0.2, 0.25) is 5.91 Å². The summed E-state index contributed by atoms with van der Waals surface area (Å²) < 4.78 is 5.14. The maximum Gasteiger partial charge on any atom is 0.266 e. The molecule has 27 heavy (non-hydrogen) atoms. The fourth-order valence-corrected chi connectivity index (χ4v) is 4.24. The SMILES string of the molecule is COc1cccc(NC(=O)CN(C)C(=O)c2sc(-c3ccsc3)nc2C)c1. The lowest BCUT2D eigenvalue weighted by Gasteiger charge is -2.16. The van der Waals surface area contributed by atoms with Crippen molar-refractivity contribution >= 4 is 40.2 Å². The van der Waals surface area contributed by atoms with E-state index in [1.54, 1.807) is 49.8 Å². The standard InChI is InChI=1S/C19H19N3O3S2/c1-12-17(27-18(20-12)13-7-8-26-11-13)19(24)22(2)10-16(23)21-14-5-4-6-15(9-14)25-3/h4-9,11H,10H2,1-3H3,(H,21,23). The third kappa shape index (κ3) is 4.53. The third-order valence-corrected chi connectivity index (χ3v) is 5.72. The molecule has 2 aromatic heterocycles. The summed E-state index contributed by atoms with van der Waals surface area (Å²) in [6.45, 7) is 1.75. The summed E-state index contributed by atoms with van der Waals surface area (Å²) in [5.74, 6) is 0.157. The molecule has 3 aromatic rings. The van der Waals surface area contributed by atoms with Gasteiger partial charge < -0.3 is 15.0 Å². The van der Waals surface area contributed by atoms with Gasteiger partial charge in [0.25, 0.3) is 5.91 Å². The number of aryl methyl sites for hydroxylation is 1. The van der Waals surface area contributed by atoms with E-state index in [-0.39, 0.29) is 18.4 Å². The van der Waals surface area contributed by atoms with Crippen LogP contribution in [0.25, 0.3) is 10.6 Å². The Morgan fingerprint density at radius 2 is 2.11 bits per heavy atom. The average molecular weight is 402 g/mol. The largest absolute Gasteiger partial charge is 0.497 e. The van der Waals surface area contributed by atoms with E-state index in [9.17, 15) is 9.59 Å². The van der Waals surface area contributed by atoms with Crippen molar-refractivity contribution in [3.63, 3.8) is 0 Å². The number of nitrogens with one attached hydrogen (secondary N) is 1. The summed E-state index contributed by atoms with van der Waals surface area (Å²) in [5, 5.41) is 7.56. The van der Waals surface area contributed by atoms with Crippen molar-refractivity contribution in [3.05, 3.63) is 51.7 Å². The number of hydrogen-bond donors (Lipinski definition) is 1. The van der Waals surface area contributed by atoms with Crippen LogP contribution in [0.4, 0.5) is 5.69 Å².